The minimum absolute atomic E-state index is 0.0247. The maximum atomic E-state index is 12.6. The maximum absolute atomic E-state index is 12.6. The number of halogens is 2. The molecule has 0 aliphatic heterocycles. The van der Waals surface area contributed by atoms with E-state index >= 15 is 0 Å². The summed E-state index contributed by atoms with van der Waals surface area (Å²) in [6.45, 7) is 1.93. The summed E-state index contributed by atoms with van der Waals surface area (Å²) in [5, 5.41) is 23.6. The van der Waals surface area contributed by atoms with E-state index in [1.54, 1.807) is 36.4 Å². The molecule has 8 nitrogen and oxygen atoms in total. The Bertz CT molecular complexity index is 1350. The van der Waals surface area contributed by atoms with Gasteiger partial charge in [0.2, 0.25) is 0 Å². The van der Waals surface area contributed by atoms with Crippen molar-refractivity contribution in [3.63, 3.8) is 0 Å². The zero-order valence-electron chi connectivity index (χ0n) is 18.7. The minimum Gasteiger partial charge on any atom is -0.493 e. The predicted octanol–water partition coefficient (Wildman–Crippen LogP) is 6.34. The van der Waals surface area contributed by atoms with Crippen molar-refractivity contribution >= 4 is 46.6 Å². The number of amides is 1. The number of carbonyl (C=O) groups excluding carboxylic acids is 1. The summed E-state index contributed by atoms with van der Waals surface area (Å²) >= 11 is 12.5. The van der Waals surface area contributed by atoms with Gasteiger partial charge in [0, 0.05) is 22.8 Å². The number of nitro groups is 1. The van der Waals surface area contributed by atoms with E-state index in [9.17, 15) is 20.2 Å². The van der Waals surface area contributed by atoms with E-state index < -0.39 is 10.8 Å². The lowest BCUT2D eigenvalue weighted by atomic mass is 10.1. The Balaban J connectivity index is 1.79. The molecule has 0 saturated carbocycles. The number of nitrogens with one attached hydrogen (secondary N) is 1. The van der Waals surface area contributed by atoms with Gasteiger partial charge >= 0.3 is 0 Å². The van der Waals surface area contributed by atoms with E-state index in [-0.39, 0.29) is 34.4 Å². The average Bonchev–Trinajstić information content (AvgIpc) is 2.84. The molecule has 0 bridgehead atoms. The van der Waals surface area contributed by atoms with Crippen molar-refractivity contribution < 1.29 is 19.2 Å². The van der Waals surface area contributed by atoms with Gasteiger partial charge in [-0.2, -0.15) is 5.26 Å². The third-order valence-electron chi connectivity index (χ3n) is 4.89. The zero-order chi connectivity index (χ0) is 25.5. The number of aryl methyl sites for hydroxylation is 1. The molecule has 3 aromatic rings. The Kier molecular flexibility index (Phi) is 8.31. The van der Waals surface area contributed by atoms with Gasteiger partial charge in [0.1, 0.15) is 18.2 Å². The van der Waals surface area contributed by atoms with Gasteiger partial charge in [0.05, 0.1) is 17.1 Å². The van der Waals surface area contributed by atoms with Crippen molar-refractivity contribution in [2.24, 2.45) is 0 Å². The van der Waals surface area contributed by atoms with Crippen LogP contribution in [0.5, 0.6) is 11.5 Å². The molecule has 0 aromatic heterocycles. The first-order valence-corrected chi connectivity index (χ1v) is 10.9. The number of nitriles is 1. The van der Waals surface area contributed by atoms with E-state index in [1.165, 1.54) is 31.4 Å². The average molecular weight is 512 g/mol. The first-order chi connectivity index (χ1) is 16.7. The van der Waals surface area contributed by atoms with E-state index in [2.05, 4.69) is 5.32 Å². The fraction of sp³-hybridized carbons (Fsp3) is 0.120. The highest BCUT2D eigenvalue weighted by atomic mass is 35.5. The minimum atomic E-state index is -0.610. The summed E-state index contributed by atoms with van der Waals surface area (Å²) < 4.78 is 11.1. The summed E-state index contributed by atoms with van der Waals surface area (Å²) in [6, 6.07) is 15.9. The number of non-ortho nitro benzene ring substituents is 1. The van der Waals surface area contributed by atoms with E-state index in [1.807, 2.05) is 13.0 Å². The molecule has 0 aliphatic carbocycles. The van der Waals surface area contributed by atoms with Crippen LogP contribution in [0.15, 0.2) is 60.2 Å². The van der Waals surface area contributed by atoms with Crippen molar-refractivity contribution in [2.45, 2.75) is 13.5 Å². The largest absolute Gasteiger partial charge is 0.493 e. The predicted molar refractivity (Wildman–Crippen MR) is 134 cm³/mol. The van der Waals surface area contributed by atoms with E-state index in [4.69, 9.17) is 32.7 Å². The van der Waals surface area contributed by atoms with Gasteiger partial charge in [-0.1, -0.05) is 29.3 Å². The highest BCUT2D eigenvalue weighted by Crippen LogP contribution is 2.37. The Morgan fingerprint density at radius 1 is 1.14 bits per heavy atom. The number of ether oxygens (including phenoxy) is 2. The number of methoxy groups -OCH3 is 1. The number of hydrogen-bond acceptors (Lipinski definition) is 6. The van der Waals surface area contributed by atoms with Crippen molar-refractivity contribution in [3.8, 4) is 17.6 Å². The number of carbonyl (C=O) groups is 1. The van der Waals surface area contributed by atoms with Gasteiger partial charge in [-0.05, 0) is 66.1 Å². The second-order valence-corrected chi connectivity index (χ2v) is 8.15. The molecule has 178 valence electrons. The van der Waals surface area contributed by atoms with Crippen LogP contribution in [0, 0.1) is 28.4 Å². The van der Waals surface area contributed by atoms with Crippen LogP contribution in [0.4, 0.5) is 11.4 Å². The van der Waals surface area contributed by atoms with Crippen LogP contribution in [0.25, 0.3) is 6.08 Å². The smallest absolute Gasteiger partial charge is 0.269 e. The molecular formula is C25H19Cl2N3O5. The fourth-order valence-corrected chi connectivity index (χ4v) is 3.47. The molecule has 10 heteroatoms. The molecular weight excluding hydrogens is 493 g/mol. The first-order valence-electron chi connectivity index (χ1n) is 10.1. The van der Waals surface area contributed by atoms with Crippen LogP contribution < -0.4 is 14.8 Å². The third-order valence-corrected chi connectivity index (χ3v) is 5.58. The lowest BCUT2D eigenvalue weighted by molar-refractivity contribution is -0.384. The normalized spacial score (nSPS) is 10.9. The number of benzene rings is 3. The van der Waals surface area contributed by atoms with Crippen LogP contribution in [0.3, 0.4) is 0 Å². The SMILES string of the molecule is COc1cc(/C=C(/C#N)C(=O)Nc2ccc(C)c(Cl)c2)cc(Cl)c1OCc1ccc([N+](=O)[O-])cc1. The molecule has 0 saturated heterocycles. The molecule has 1 amide bonds. The third kappa shape index (κ3) is 6.51. The highest BCUT2D eigenvalue weighted by molar-refractivity contribution is 6.32. The molecule has 0 spiro atoms. The lowest BCUT2D eigenvalue weighted by Gasteiger charge is -2.13. The van der Waals surface area contributed by atoms with Crippen LogP contribution in [-0.4, -0.2) is 17.9 Å². The van der Waals surface area contributed by atoms with Crippen molar-refractivity contribution in [1.82, 2.24) is 0 Å². The first kappa shape index (κ1) is 25.6. The van der Waals surface area contributed by atoms with Gasteiger partial charge in [-0.15, -0.1) is 0 Å². The molecule has 0 unspecified atom stereocenters. The Labute approximate surface area is 211 Å². The summed E-state index contributed by atoms with van der Waals surface area (Å²) in [4.78, 5) is 22.9. The molecule has 0 radical (unpaired) electrons. The number of nitro benzene ring substituents is 1. The van der Waals surface area contributed by atoms with Crippen LogP contribution >= 0.6 is 23.2 Å². The van der Waals surface area contributed by atoms with Crippen molar-refractivity contribution in [2.75, 3.05) is 12.4 Å². The molecule has 1 N–H and O–H groups in total. The Morgan fingerprint density at radius 2 is 1.86 bits per heavy atom. The van der Waals surface area contributed by atoms with Crippen LogP contribution in [-0.2, 0) is 11.4 Å². The van der Waals surface area contributed by atoms with Gasteiger partial charge in [0.15, 0.2) is 11.5 Å². The summed E-state index contributed by atoms with van der Waals surface area (Å²) in [6.07, 6.45) is 1.37. The zero-order valence-corrected chi connectivity index (χ0v) is 20.2. The molecule has 0 atom stereocenters. The van der Waals surface area contributed by atoms with Gasteiger partial charge in [-0.3, -0.25) is 14.9 Å². The van der Waals surface area contributed by atoms with Gasteiger partial charge in [0.25, 0.3) is 11.6 Å². The molecule has 0 fully saturated rings. The molecule has 0 heterocycles. The van der Waals surface area contributed by atoms with E-state index in [0.29, 0.717) is 21.8 Å². The molecule has 0 aliphatic rings. The summed E-state index contributed by atoms with van der Waals surface area (Å²) in [5.74, 6) is -0.0726. The monoisotopic (exact) mass is 511 g/mol. The quantitative estimate of drug-likeness (QED) is 0.163. The summed E-state index contributed by atoms with van der Waals surface area (Å²) in [7, 11) is 1.43. The Hall–Kier alpha value is -4.06. The van der Waals surface area contributed by atoms with Crippen molar-refractivity contribution in [3.05, 3.63) is 97.0 Å². The summed E-state index contributed by atoms with van der Waals surface area (Å²) in [5.41, 5.74) is 2.28. The molecule has 3 rings (SSSR count). The fourth-order valence-electron chi connectivity index (χ4n) is 3.02. The standard InChI is InChI=1S/C25H19Cl2N3O5/c1-15-3-6-19(12-21(15)26)29-25(31)18(13-28)9-17-10-22(27)24(23(11-17)34-2)35-14-16-4-7-20(8-5-16)30(32)33/h3-12H,14H2,1-2H3,(H,29,31)/b18-9-. The molecule has 3 aromatic carbocycles. The lowest BCUT2D eigenvalue weighted by Crippen LogP contribution is -2.13. The Morgan fingerprint density at radius 3 is 2.46 bits per heavy atom. The second-order valence-electron chi connectivity index (χ2n) is 7.33. The van der Waals surface area contributed by atoms with Gasteiger partial charge < -0.3 is 14.8 Å². The number of nitrogens with zero attached hydrogens (tertiary/aromatic N) is 2. The van der Waals surface area contributed by atoms with Crippen LogP contribution in [0.2, 0.25) is 10.0 Å². The van der Waals surface area contributed by atoms with Gasteiger partial charge in [-0.25, -0.2) is 0 Å². The van der Waals surface area contributed by atoms with E-state index in [0.717, 1.165) is 5.56 Å². The number of rotatable bonds is 8. The molecule has 35 heavy (non-hydrogen) atoms. The number of hydrogen-bond donors (Lipinski definition) is 1. The highest BCUT2D eigenvalue weighted by Gasteiger charge is 2.15. The number of anilines is 1. The maximum Gasteiger partial charge on any atom is 0.269 e. The topological polar surface area (TPSA) is 114 Å². The second kappa shape index (κ2) is 11.4. The van der Waals surface area contributed by atoms with Crippen molar-refractivity contribution in [1.29, 1.82) is 5.26 Å². The van der Waals surface area contributed by atoms with Crippen LogP contribution in [0.1, 0.15) is 16.7 Å².